The summed E-state index contributed by atoms with van der Waals surface area (Å²) < 4.78 is 15.2. The minimum Gasteiger partial charge on any atom is -0.338 e. The lowest BCUT2D eigenvalue weighted by atomic mass is 10.0. The second-order valence-corrected chi connectivity index (χ2v) is 7.26. The number of carbonyl (C=O) groups excluding carboxylic acids is 1. The molecule has 156 valence electrons. The van der Waals surface area contributed by atoms with Crippen LogP contribution in [0.25, 0.3) is 11.2 Å². The Labute approximate surface area is 183 Å². The van der Waals surface area contributed by atoms with Crippen LogP contribution < -0.4 is 5.32 Å². The van der Waals surface area contributed by atoms with Crippen molar-refractivity contribution in [3.05, 3.63) is 114 Å². The van der Waals surface area contributed by atoms with Crippen LogP contribution in [0.2, 0.25) is 0 Å². The number of imidazole rings is 1. The van der Waals surface area contributed by atoms with E-state index < -0.39 is 0 Å². The summed E-state index contributed by atoms with van der Waals surface area (Å²) in [5, 5.41) is 3.23. The molecular formula is C25H18FN5O. The van der Waals surface area contributed by atoms with Crippen molar-refractivity contribution in [1.29, 1.82) is 0 Å². The van der Waals surface area contributed by atoms with E-state index in [1.165, 1.54) is 30.6 Å². The van der Waals surface area contributed by atoms with Crippen LogP contribution in [0.15, 0.2) is 91.5 Å². The first-order valence-electron chi connectivity index (χ1n) is 10.0. The van der Waals surface area contributed by atoms with Gasteiger partial charge < -0.3 is 9.88 Å². The number of para-hydroxylation sites is 1. The fraction of sp³-hybridized carbons (Fsp3) is 0.0400. The predicted molar refractivity (Wildman–Crippen MR) is 120 cm³/mol. The van der Waals surface area contributed by atoms with Crippen LogP contribution in [-0.2, 0) is 6.54 Å². The number of fused-ring (bicyclic) bond motifs is 1. The minimum absolute atomic E-state index is 0.215. The van der Waals surface area contributed by atoms with E-state index >= 15 is 0 Å². The topological polar surface area (TPSA) is 72.7 Å². The number of halogens is 1. The van der Waals surface area contributed by atoms with Gasteiger partial charge in [0.05, 0.1) is 18.6 Å². The molecule has 6 nitrogen and oxygen atoms in total. The van der Waals surface area contributed by atoms with Gasteiger partial charge in [0.25, 0.3) is 0 Å². The molecular weight excluding hydrogens is 405 g/mol. The molecule has 5 aromatic rings. The summed E-state index contributed by atoms with van der Waals surface area (Å²) >= 11 is 0. The molecule has 0 aliphatic heterocycles. The summed E-state index contributed by atoms with van der Waals surface area (Å²) in [7, 11) is 0. The van der Waals surface area contributed by atoms with E-state index in [4.69, 9.17) is 0 Å². The second kappa shape index (κ2) is 8.39. The Hall–Kier alpha value is -4.39. The van der Waals surface area contributed by atoms with Crippen molar-refractivity contribution >= 4 is 28.5 Å². The van der Waals surface area contributed by atoms with Crippen LogP contribution in [-0.4, -0.2) is 25.3 Å². The van der Waals surface area contributed by atoms with E-state index in [0.29, 0.717) is 40.3 Å². The molecule has 0 saturated carbocycles. The van der Waals surface area contributed by atoms with Gasteiger partial charge in [-0.3, -0.25) is 4.79 Å². The summed E-state index contributed by atoms with van der Waals surface area (Å²) in [6, 6.07) is 22.7. The minimum atomic E-state index is -0.387. The van der Waals surface area contributed by atoms with Gasteiger partial charge in [-0.1, -0.05) is 42.5 Å². The number of nitrogens with one attached hydrogen (secondary N) is 1. The van der Waals surface area contributed by atoms with E-state index in [-0.39, 0.29) is 11.6 Å². The number of anilines is 2. The number of carbonyl (C=O) groups is 1. The van der Waals surface area contributed by atoms with Crippen molar-refractivity contribution in [3.63, 3.8) is 0 Å². The molecule has 5 rings (SSSR count). The maximum atomic E-state index is 13.3. The van der Waals surface area contributed by atoms with Gasteiger partial charge in [-0.05, 0) is 42.0 Å². The fourth-order valence-corrected chi connectivity index (χ4v) is 3.54. The molecule has 0 bridgehead atoms. The predicted octanol–water partition coefficient (Wildman–Crippen LogP) is 4.99. The Kier molecular flexibility index (Phi) is 5.13. The van der Waals surface area contributed by atoms with Crippen LogP contribution in [0.1, 0.15) is 21.5 Å². The third kappa shape index (κ3) is 3.83. The maximum absolute atomic E-state index is 13.3. The highest BCUT2D eigenvalue weighted by Gasteiger charge is 2.16. The van der Waals surface area contributed by atoms with Gasteiger partial charge in [0, 0.05) is 11.1 Å². The van der Waals surface area contributed by atoms with E-state index in [0.717, 1.165) is 5.56 Å². The number of benzene rings is 3. The molecule has 0 atom stereocenters. The van der Waals surface area contributed by atoms with Gasteiger partial charge >= 0.3 is 0 Å². The SMILES string of the molecule is O=C(c1ccc(F)cc1)c1ccccc1Nc1ncnc2c1ncn2Cc1ccccc1. The van der Waals surface area contributed by atoms with E-state index in [2.05, 4.69) is 20.3 Å². The normalized spacial score (nSPS) is 10.9. The highest BCUT2D eigenvalue weighted by atomic mass is 19.1. The molecule has 7 heteroatoms. The van der Waals surface area contributed by atoms with E-state index in [9.17, 15) is 9.18 Å². The number of aromatic nitrogens is 4. The summed E-state index contributed by atoms with van der Waals surface area (Å²) in [5.74, 6) is -0.100. The summed E-state index contributed by atoms with van der Waals surface area (Å²) in [4.78, 5) is 26.3. The molecule has 3 aromatic carbocycles. The van der Waals surface area contributed by atoms with Gasteiger partial charge in [0.1, 0.15) is 12.1 Å². The van der Waals surface area contributed by atoms with Crippen molar-refractivity contribution in [2.24, 2.45) is 0 Å². The number of hydrogen-bond donors (Lipinski definition) is 1. The van der Waals surface area contributed by atoms with Gasteiger partial charge in [-0.25, -0.2) is 19.3 Å². The zero-order chi connectivity index (χ0) is 21.9. The summed E-state index contributed by atoms with van der Waals surface area (Å²) in [5.41, 5.74) is 3.87. The summed E-state index contributed by atoms with van der Waals surface area (Å²) in [6.45, 7) is 0.632. The van der Waals surface area contributed by atoms with Crippen molar-refractivity contribution in [3.8, 4) is 0 Å². The Bertz CT molecular complexity index is 1400. The van der Waals surface area contributed by atoms with Gasteiger partial charge in [0.15, 0.2) is 22.8 Å². The van der Waals surface area contributed by atoms with Crippen molar-refractivity contribution in [2.45, 2.75) is 6.54 Å². The smallest absolute Gasteiger partial charge is 0.195 e. The number of ketones is 1. The number of hydrogen-bond acceptors (Lipinski definition) is 5. The average Bonchev–Trinajstić information content (AvgIpc) is 3.24. The third-order valence-electron chi connectivity index (χ3n) is 5.13. The standard InChI is InChI=1S/C25H18FN5O/c26-19-12-10-18(11-13-19)23(32)20-8-4-5-9-21(20)30-24-22-25(28-15-27-24)31(16-29-22)14-17-6-2-1-3-7-17/h1-13,15-16H,14H2,(H,27,28,30). The van der Waals surface area contributed by atoms with Gasteiger partial charge in [-0.2, -0.15) is 0 Å². The molecule has 0 saturated heterocycles. The zero-order valence-electron chi connectivity index (χ0n) is 16.9. The molecule has 0 aliphatic carbocycles. The Morgan fingerprint density at radius 1 is 0.875 bits per heavy atom. The molecule has 2 heterocycles. The van der Waals surface area contributed by atoms with Crippen LogP contribution in [0.3, 0.4) is 0 Å². The maximum Gasteiger partial charge on any atom is 0.195 e. The molecule has 1 N–H and O–H groups in total. The molecule has 0 unspecified atom stereocenters. The zero-order valence-corrected chi connectivity index (χ0v) is 16.9. The lowest BCUT2D eigenvalue weighted by Crippen LogP contribution is -2.07. The quantitative estimate of drug-likeness (QED) is 0.390. The van der Waals surface area contributed by atoms with Crippen LogP contribution in [0, 0.1) is 5.82 Å². The average molecular weight is 423 g/mol. The van der Waals surface area contributed by atoms with Crippen LogP contribution >= 0.6 is 0 Å². The lowest BCUT2D eigenvalue weighted by Gasteiger charge is -2.11. The molecule has 0 amide bonds. The number of rotatable bonds is 6. The fourth-order valence-electron chi connectivity index (χ4n) is 3.54. The lowest BCUT2D eigenvalue weighted by molar-refractivity contribution is 0.103. The second-order valence-electron chi connectivity index (χ2n) is 7.26. The monoisotopic (exact) mass is 423 g/mol. The van der Waals surface area contributed by atoms with E-state index in [1.54, 1.807) is 24.5 Å². The molecule has 0 aliphatic rings. The largest absolute Gasteiger partial charge is 0.338 e. The van der Waals surface area contributed by atoms with Gasteiger partial charge in [0.2, 0.25) is 0 Å². The molecule has 0 spiro atoms. The van der Waals surface area contributed by atoms with Crippen molar-refractivity contribution in [2.75, 3.05) is 5.32 Å². The third-order valence-corrected chi connectivity index (χ3v) is 5.13. The van der Waals surface area contributed by atoms with Crippen LogP contribution in [0.5, 0.6) is 0 Å². The Balaban J connectivity index is 1.48. The first kappa shape index (κ1) is 19.6. The first-order chi connectivity index (χ1) is 15.7. The van der Waals surface area contributed by atoms with E-state index in [1.807, 2.05) is 41.0 Å². The Morgan fingerprint density at radius 2 is 1.62 bits per heavy atom. The van der Waals surface area contributed by atoms with Crippen LogP contribution in [0.4, 0.5) is 15.9 Å². The highest BCUT2D eigenvalue weighted by Crippen LogP contribution is 2.26. The first-order valence-corrected chi connectivity index (χ1v) is 10.0. The molecule has 2 aromatic heterocycles. The highest BCUT2D eigenvalue weighted by molar-refractivity contribution is 6.12. The van der Waals surface area contributed by atoms with Crippen molar-refractivity contribution < 1.29 is 9.18 Å². The molecule has 0 fully saturated rings. The molecule has 0 radical (unpaired) electrons. The number of nitrogens with zero attached hydrogens (tertiary/aromatic N) is 4. The van der Waals surface area contributed by atoms with Gasteiger partial charge in [-0.15, -0.1) is 0 Å². The Morgan fingerprint density at radius 3 is 2.44 bits per heavy atom. The van der Waals surface area contributed by atoms with Crippen molar-refractivity contribution in [1.82, 2.24) is 19.5 Å². The summed E-state index contributed by atoms with van der Waals surface area (Å²) in [6.07, 6.45) is 3.20. The molecule has 32 heavy (non-hydrogen) atoms.